The van der Waals surface area contributed by atoms with E-state index >= 15 is 0 Å². The van der Waals surface area contributed by atoms with Gasteiger partial charge in [0.05, 0.1) is 10.9 Å². The molecule has 0 bridgehead atoms. The van der Waals surface area contributed by atoms with Crippen molar-refractivity contribution in [2.75, 3.05) is 6.61 Å². The number of hydrogen-bond donors (Lipinski definition) is 0. The molecule has 234 valence electrons. The van der Waals surface area contributed by atoms with Gasteiger partial charge in [-0.1, -0.05) is 141 Å². The van der Waals surface area contributed by atoms with Crippen LogP contribution in [-0.4, -0.2) is 23.9 Å². The van der Waals surface area contributed by atoms with Crippen LogP contribution in [0.15, 0.2) is 48.5 Å². The normalized spacial score (nSPS) is 11.9. The quantitative estimate of drug-likeness (QED) is 0.0552. The predicted molar refractivity (Wildman–Crippen MR) is 176 cm³/mol. The van der Waals surface area contributed by atoms with Crippen LogP contribution in [0.25, 0.3) is 11.1 Å². The van der Waals surface area contributed by atoms with Gasteiger partial charge in [0.25, 0.3) is 0 Å². The average Bonchev–Trinajstić information content (AvgIpc) is 3.00. The molecule has 0 saturated heterocycles. The zero-order chi connectivity index (χ0) is 30.4. The molecule has 0 amide bonds. The van der Waals surface area contributed by atoms with Gasteiger partial charge in [-0.15, -0.1) is 11.6 Å². The van der Waals surface area contributed by atoms with Gasteiger partial charge in [-0.3, -0.25) is 4.79 Å². The molecule has 0 aliphatic heterocycles. The highest BCUT2D eigenvalue weighted by Gasteiger charge is 2.14. The number of rotatable bonds is 23. The summed E-state index contributed by atoms with van der Waals surface area (Å²) >= 11 is 6.17. The molecule has 0 heterocycles. The Balaban J connectivity index is 1.53. The van der Waals surface area contributed by atoms with E-state index in [2.05, 4.69) is 6.92 Å². The minimum absolute atomic E-state index is 0.173. The summed E-state index contributed by atoms with van der Waals surface area (Å²) in [7, 11) is 0. The second-order valence-electron chi connectivity index (χ2n) is 12.0. The summed E-state index contributed by atoms with van der Waals surface area (Å²) < 4.78 is 10.8. The van der Waals surface area contributed by atoms with Crippen molar-refractivity contribution in [3.8, 4) is 16.9 Å². The fraction of sp³-hybridized carbons (Fsp3) is 0.622. The van der Waals surface area contributed by atoms with Gasteiger partial charge in [0.1, 0.15) is 12.4 Å². The van der Waals surface area contributed by atoms with Crippen LogP contribution in [0.2, 0.25) is 0 Å². The van der Waals surface area contributed by atoms with Crippen molar-refractivity contribution >= 4 is 23.5 Å². The lowest BCUT2D eigenvalue weighted by atomic mass is 10.0. The monoisotopic (exact) mass is 598 g/mol. The summed E-state index contributed by atoms with van der Waals surface area (Å²) in [4.78, 5) is 24.5. The third-order valence-corrected chi connectivity index (χ3v) is 8.50. The number of unbranched alkanes of at least 4 members (excludes halogenated alkanes) is 15. The Bertz CT molecular complexity index is 984. The molecular weight excluding hydrogens is 544 g/mol. The van der Waals surface area contributed by atoms with E-state index in [9.17, 15) is 9.59 Å². The zero-order valence-corrected chi connectivity index (χ0v) is 27.3. The van der Waals surface area contributed by atoms with E-state index in [4.69, 9.17) is 21.1 Å². The van der Waals surface area contributed by atoms with Crippen molar-refractivity contribution in [3.63, 3.8) is 0 Å². The van der Waals surface area contributed by atoms with Gasteiger partial charge >= 0.3 is 11.9 Å². The van der Waals surface area contributed by atoms with Gasteiger partial charge in [0.15, 0.2) is 0 Å². The number of carbonyl (C=O) groups is 2. The number of carbonyl (C=O) groups excluding carboxylic acids is 2. The summed E-state index contributed by atoms with van der Waals surface area (Å²) in [5, 5.41) is -0.199. The van der Waals surface area contributed by atoms with Gasteiger partial charge in [-0.05, 0) is 47.7 Å². The highest BCUT2D eigenvalue weighted by molar-refractivity contribution is 6.21. The van der Waals surface area contributed by atoms with Crippen LogP contribution in [0, 0.1) is 5.92 Å². The summed E-state index contributed by atoms with van der Waals surface area (Å²) in [5.41, 5.74) is 2.44. The first-order valence-corrected chi connectivity index (χ1v) is 17.1. The minimum atomic E-state index is -0.376. The highest BCUT2D eigenvalue weighted by atomic mass is 35.5. The smallest absolute Gasteiger partial charge is 0.338 e. The van der Waals surface area contributed by atoms with Crippen LogP contribution in [0.3, 0.4) is 0 Å². The molecule has 42 heavy (non-hydrogen) atoms. The topological polar surface area (TPSA) is 52.6 Å². The van der Waals surface area contributed by atoms with E-state index in [1.807, 2.05) is 50.2 Å². The van der Waals surface area contributed by atoms with E-state index in [1.165, 1.54) is 89.9 Å². The molecule has 2 aromatic rings. The predicted octanol–water partition coefficient (Wildman–Crippen LogP) is 11.3. The van der Waals surface area contributed by atoms with Crippen LogP contribution in [0.4, 0.5) is 0 Å². The van der Waals surface area contributed by atoms with Gasteiger partial charge in [0, 0.05) is 6.42 Å². The molecule has 2 aromatic carbocycles. The maximum Gasteiger partial charge on any atom is 0.338 e. The SMILES string of the molecule is CCCCCCCCCCCCCCCCCCC(=O)Oc1ccc(-c2ccc(C(=O)OCC(Cl)C(C)C)cc2)cc1. The number of esters is 2. The molecule has 1 atom stereocenters. The summed E-state index contributed by atoms with van der Waals surface area (Å²) in [6.45, 7) is 6.46. The summed E-state index contributed by atoms with van der Waals surface area (Å²) in [6, 6.07) is 14.7. The molecule has 0 fully saturated rings. The van der Waals surface area contributed by atoms with Crippen molar-refractivity contribution in [2.45, 2.75) is 135 Å². The zero-order valence-electron chi connectivity index (χ0n) is 26.5. The first-order chi connectivity index (χ1) is 20.4. The lowest BCUT2D eigenvalue weighted by Gasteiger charge is -2.13. The van der Waals surface area contributed by atoms with Gasteiger partial charge < -0.3 is 9.47 Å². The molecule has 0 aliphatic rings. The van der Waals surface area contributed by atoms with Crippen LogP contribution in [-0.2, 0) is 9.53 Å². The fourth-order valence-corrected chi connectivity index (χ4v) is 5.01. The number of hydrogen-bond acceptors (Lipinski definition) is 4. The van der Waals surface area contributed by atoms with E-state index < -0.39 is 0 Å². The molecule has 0 aromatic heterocycles. The number of ether oxygens (including phenoxy) is 2. The lowest BCUT2D eigenvalue weighted by Crippen LogP contribution is -2.18. The first kappa shape index (κ1) is 35.9. The second kappa shape index (κ2) is 22.2. The standard InChI is InChI=1S/C37H55ClO4/c1-4-5-6-7-8-9-10-11-12-13-14-15-16-17-18-19-20-36(39)42-34-27-25-32(26-28-34)31-21-23-33(24-22-31)37(40)41-29-35(38)30(2)3/h21-28,30,35H,4-20,29H2,1-3H3. The van der Waals surface area contributed by atoms with E-state index in [0.717, 1.165) is 24.0 Å². The molecule has 0 N–H and O–H groups in total. The number of alkyl halides is 1. The Labute approximate surface area is 260 Å². The molecular formula is C37H55ClO4. The van der Waals surface area contributed by atoms with Crippen LogP contribution < -0.4 is 4.74 Å². The van der Waals surface area contributed by atoms with Crippen molar-refractivity contribution < 1.29 is 19.1 Å². The molecule has 0 saturated carbocycles. The fourth-order valence-electron chi connectivity index (χ4n) is 4.95. The highest BCUT2D eigenvalue weighted by Crippen LogP contribution is 2.24. The summed E-state index contributed by atoms with van der Waals surface area (Å²) in [5.74, 6) is 0.246. The third-order valence-electron chi connectivity index (χ3n) is 7.87. The Hall–Kier alpha value is -2.33. The average molecular weight is 599 g/mol. The van der Waals surface area contributed by atoms with Crippen molar-refractivity contribution in [1.29, 1.82) is 0 Å². The van der Waals surface area contributed by atoms with Gasteiger partial charge in [-0.2, -0.15) is 0 Å². The van der Waals surface area contributed by atoms with Gasteiger partial charge in [-0.25, -0.2) is 4.79 Å². The molecule has 5 heteroatoms. The van der Waals surface area contributed by atoms with Crippen LogP contribution in [0.1, 0.15) is 140 Å². The van der Waals surface area contributed by atoms with E-state index in [1.54, 1.807) is 12.1 Å². The number of halogens is 1. The molecule has 0 radical (unpaired) electrons. The molecule has 2 rings (SSSR count). The van der Waals surface area contributed by atoms with Crippen molar-refractivity contribution in [3.05, 3.63) is 54.1 Å². The largest absolute Gasteiger partial charge is 0.461 e. The molecule has 0 spiro atoms. The Morgan fingerprint density at radius 3 is 1.52 bits per heavy atom. The Morgan fingerprint density at radius 2 is 1.07 bits per heavy atom. The number of benzene rings is 2. The molecule has 4 nitrogen and oxygen atoms in total. The van der Waals surface area contributed by atoms with Crippen LogP contribution >= 0.6 is 11.6 Å². The lowest BCUT2D eigenvalue weighted by molar-refractivity contribution is -0.134. The van der Waals surface area contributed by atoms with Gasteiger partial charge in [0.2, 0.25) is 0 Å². The van der Waals surface area contributed by atoms with E-state index in [0.29, 0.717) is 17.7 Å². The Morgan fingerprint density at radius 1 is 0.643 bits per heavy atom. The Kier molecular flexibility index (Phi) is 19.0. The van der Waals surface area contributed by atoms with E-state index in [-0.39, 0.29) is 29.8 Å². The summed E-state index contributed by atoms with van der Waals surface area (Å²) in [6.07, 6.45) is 21.5. The maximum absolute atomic E-state index is 12.3. The first-order valence-electron chi connectivity index (χ1n) is 16.6. The molecule has 1 unspecified atom stereocenters. The maximum atomic E-state index is 12.3. The van der Waals surface area contributed by atoms with Crippen molar-refractivity contribution in [1.82, 2.24) is 0 Å². The third kappa shape index (κ3) is 15.8. The molecule has 0 aliphatic carbocycles. The minimum Gasteiger partial charge on any atom is -0.461 e. The van der Waals surface area contributed by atoms with Crippen molar-refractivity contribution in [2.24, 2.45) is 5.92 Å². The second-order valence-corrected chi connectivity index (χ2v) is 12.5. The van der Waals surface area contributed by atoms with Crippen LogP contribution in [0.5, 0.6) is 5.75 Å².